The van der Waals surface area contributed by atoms with Crippen LogP contribution in [0.4, 0.5) is 0 Å². The van der Waals surface area contributed by atoms with Crippen LogP contribution < -0.4 is 0 Å². The Morgan fingerprint density at radius 3 is 1.73 bits per heavy atom. The minimum atomic E-state index is 0.643. The van der Waals surface area contributed by atoms with E-state index >= 15 is 0 Å². The summed E-state index contributed by atoms with van der Waals surface area (Å²) in [6.45, 7) is 0. The molecule has 4 nitrogen and oxygen atoms in total. The summed E-state index contributed by atoms with van der Waals surface area (Å²) < 4.78 is 2.36. The number of hydrogen-bond donors (Lipinski definition) is 0. The van der Waals surface area contributed by atoms with Gasteiger partial charge in [-0.2, -0.15) is 0 Å². The molecule has 236 valence electrons. The van der Waals surface area contributed by atoms with E-state index in [1.54, 1.807) is 0 Å². The lowest BCUT2D eigenvalue weighted by Gasteiger charge is -2.11. The fourth-order valence-electron chi connectivity index (χ4n) is 8.06. The number of benzene rings is 8. The van der Waals surface area contributed by atoms with E-state index in [-0.39, 0.29) is 0 Å². The molecule has 2 heterocycles. The van der Waals surface area contributed by atoms with Crippen molar-refractivity contribution >= 4 is 43.4 Å². The van der Waals surface area contributed by atoms with Crippen LogP contribution in [0.1, 0.15) is 0 Å². The van der Waals surface area contributed by atoms with Crippen molar-refractivity contribution in [1.29, 1.82) is 0 Å². The molecule has 0 saturated carbocycles. The van der Waals surface area contributed by atoms with E-state index in [1.165, 1.54) is 65.6 Å². The minimum absolute atomic E-state index is 0.643. The molecule has 11 rings (SSSR count). The first-order valence-corrected chi connectivity index (χ1v) is 17.3. The molecule has 0 spiro atoms. The Morgan fingerprint density at radius 2 is 0.941 bits per heavy atom. The summed E-state index contributed by atoms with van der Waals surface area (Å²) in [6, 6.07) is 60.3. The van der Waals surface area contributed by atoms with E-state index in [2.05, 4.69) is 156 Å². The van der Waals surface area contributed by atoms with Gasteiger partial charge in [0.1, 0.15) is 0 Å². The predicted molar refractivity (Wildman–Crippen MR) is 210 cm³/mol. The van der Waals surface area contributed by atoms with Crippen LogP contribution in [0.15, 0.2) is 170 Å². The summed E-state index contributed by atoms with van der Waals surface area (Å²) >= 11 is 0. The molecule has 0 bridgehead atoms. The number of para-hydroxylation sites is 1. The van der Waals surface area contributed by atoms with Gasteiger partial charge in [-0.3, -0.25) is 0 Å². The molecule has 0 aliphatic heterocycles. The highest BCUT2D eigenvalue weighted by molar-refractivity contribution is 6.21. The van der Waals surface area contributed by atoms with E-state index in [4.69, 9.17) is 15.0 Å². The number of hydrogen-bond acceptors (Lipinski definition) is 3. The number of nitrogens with zero attached hydrogens (tertiary/aromatic N) is 4. The van der Waals surface area contributed by atoms with Crippen LogP contribution in [0.25, 0.3) is 105 Å². The maximum absolute atomic E-state index is 5.12. The van der Waals surface area contributed by atoms with Crippen LogP contribution in [0.2, 0.25) is 0 Å². The summed E-state index contributed by atoms with van der Waals surface area (Å²) in [5.41, 5.74) is 11.3. The largest absolute Gasteiger partial charge is 0.309 e. The highest BCUT2D eigenvalue weighted by atomic mass is 15.0. The third-order valence-electron chi connectivity index (χ3n) is 10.4. The van der Waals surface area contributed by atoms with Gasteiger partial charge in [0.25, 0.3) is 0 Å². The first-order chi connectivity index (χ1) is 25.3. The normalized spacial score (nSPS) is 11.9. The quantitative estimate of drug-likeness (QED) is 0.191. The third kappa shape index (κ3) is 4.23. The highest BCUT2D eigenvalue weighted by Gasteiger charge is 2.23. The number of aromatic nitrogens is 4. The second kappa shape index (κ2) is 10.8. The van der Waals surface area contributed by atoms with Crippen molar-refractivity contribution in [3.8, 4) is 62.1 Å². The summed E-state index contributed by atoms with van der Waals surface area (Å²) in [5.74, 6) is 1.95. The zero-order chi connectivity index (χ0) is 33.5. The molecule has 8 aromatic carbocycles. The topological polar surface area (TPSA) is 43.6 Å². The molecule has 10 aromatic rings. The average Bonchev–Trinajstić information content (AvgIpc) is 3.72. The molecule has 51 heavy (non-hydrogen) atoms. The van der Waals surface area contributed by atoms with Crippen LogP contribution in [0.5, 0.6) is 0 Å². The molecule has 0 saturated heterocycles. The molecule has 1 aliphatic rings. The van der Waals surface area contributed by atoms with E-state index in [1.807, 2.05) is 18.2 Å². The van der Waals surface area contributed by atoms with Gasteiger partial charge in [0.2, 0.25) is 0 Å². The van der Waals surface area contributed by atoms with Crippen molar-refractivity contribution in [2.24, 2.45) is 0 Å². The fraction of sp³-hybridized carbons (Fsp3) is 0. The Balaban J connectivity index is 1.06. The molecule has 0 radical (unpaired) electrons. The van der Waals surface area contributed by atoms with E-state index in [0.29, 0.717) is 17.5 Å². The molecular weight excluding hydrogens is 621 g/mol. The van der Waals surface area contributed by atoms with Crippen molar-refractivity contribution in [3.63, 3.8) is 0 Å². The Hall–Kier alpha value is -6.91. The molecule has 0 amide bonds. The minimum Gasteiger partial charge on any atom is -0.309 e. The summed E-state index contributed by atoms with van der Waals surface area (Å²) in [7, 11) is 0. The average molecular weight is 649 g/mol. The number of fused-ring (bicyclic) bond motifs is 8. The molecule has 0 atom stereocenters. The van der Waals surface area contributed by atoms with Crippen molar-refractivity contribution in [2.45, 2.75) is 0 Å². The summed E-state index contributed by atoms with van der Waals surface area (Å²) in [4.78, 5) is 15.2. The van der Waals surface area contributed by atoms with E-state index < -0.39 is 0 Å². The van der Waals surface area contributed by atoms with Crippen molar-refractivity contribution in [1.82, 2.24) is 19.5 Å². The lowest BCUT2D eigenvalue weighted by Crippen LogP contribution is -2.01. The first-order valence-electron chi connectivity index (χ1n) is 17.3. The Bertz CT molecular complexity index is 3010. The second-order valence-electron chi connectivity index (χ2n) is 13.2. The zero-order valence-electron chi connectivity index (χ0n) is 27.5. The van der Waals surface area contributed by atoms with Crippen LogP contribution in [-0.2, 0) is 0 Å². The van der Waals surface area contributed by atoms with Gasteiger partial charge in [0.05, 0.1) is 11.0 Å². The molecule has 4 heteroatoms. The molecule has 2 aromatic heterocycles. The lowest BCUT2D eigenvalue weighted by atomic mass is 10.0. The van der Waals surface area contributed by atoms with Gasteiger partial charge in [-0.05, 0) is 86.3 Å². The van der Waals surface area contributed by atoms with Crippen molar-refractivity contribution in [2.75, 3.05) is 0 Å². The SMILES string of the molecule is c1ccc(-c2nc(-c3ccc(-n4c5ccccc5c5c6ccccc6ccc54)cc3)nc(-c3ccc4c(c3)-c3cccc5cccc-4c35)n2)cc1. The van der Waals surface area contributed by atoms with Crippen molar-refractivity contribution in [3.05, 3.63) is 170 Å². The van der Waals surface area contributed by atoms with Gasteiger partial charge >= 0.3 is 0 Å². The van der Waals surface area contributed by atoms with Gasteiger partial charge in [0.15, 0.2) is 17.5 Å². The first kappa shape index (κ1) is 28.0. The lowest BCUT2D eigenvalue weighted by molar-refractivity contribution is 1.07. The summed E-state index contributed by atoms with van der Waals surface area (Å²) in [6.07, 6.45) is 0. The van der Waals surface area contributed by atoms with E-state index in [9.17, 15) is 0 Å². The van der Waals surface area contributed by atoms with Gasteiger partial charge in [-0.15, -0.1) is 0 Å². The second-order valence-corrected chi connectivity index (χ2v) is 13.2. The zero-order valence-corrected chi connectivity index (χ0v) is 27.5. The standard InChI is InChI=1S/C47H28N4/c1-2-11-31(12-3-1)45-48-46(50-47(49-45)33-22-26-36-37-17-8-13-30-14-9-18-38(43(30)37)40(36)28-33)32-20-24-34(25-21-32)51-41-19-7-6-16-39(41)44-35-15-5-4-10-29(35)23-27-42(44)51/h1-28H. The van der Waals surface area contributed by atoms with Crippen molar-refractivity contribution < 1.29 is 0 Å². The predicted octanol–water partition coefficient (Wildman–Crippen LogP) is 11.9. The molecule has 0 fully saturated rings. The maximum atomic E-state index is 5.12. The van der Waals surface area contributed by atoms with Crippen LogP contribution in [-0.4, -0.2) is 19.5 Å². The van der Waals surface area contributed by atoms with E-state index in [0.717, 1.165) is 22.4 Å². The van der Waals surface area contributed by atoms with Gasteiger partial charge in [-0.25, -0.2) is 15.0 Å². The van der Waals surface area contributed by atoms with Gasteiger partial charge < -0.3 is 4.57 Å². The van der Waals surface area contributed by atoms with Crippen LogP contribution in [0, 0.1) is 0 Å². The molecule has 0 N–H and O–H groups in total. The van der Waals surface area contributed by atoms with Crippen LogP contribution >= 0.6 is 0 Å². The number of rotatable bonds is 4. The summed E-state index contributed by atoms with van der Waals surface area (Å²) in [5, 5.41) is 7.60. The monoisotopic (exact) mass is 648 g/mol. The molecular formula is C47H28N4. The van der Waals surface area contributed by atoms with Gasteiger partial charge in [-0.1, -0.05) is 127 Å². The Labute approximate surface area is 294 Å². The Morgan fingerprint density at radius 1 is 0.333 bits per heavy atom. The van der Waals surface area contributed by atoms with Crippen LogP contribution in [0.3, 0.4) is 0 Å². The highest BCUT2D eigenvalue weighted by Crippen LogP contribution is 2.48. The smallest absolute Gasteiger partial charge is 0.164 e. The molecule has 1 aliphatic carbocycles. The molecule has 0 unspecified atom stereocenters. The third-order valence-corrected chi connectivity index (χ3v) is 10.4. The Kier molecular flexibility index (Phi) is 5.92. The van der Waals surface area contributed by atoms with Gasteiger partial charge in [0, 0.05) is 33.2 Å². The maximum Gasteiger partial charge on any atom is 0.164 e. The fourth-order valence-corrected chi connectivity index (χ4v) is 8.06.